The molecule has 1 aromatic carbocycles. The maximum absolute atomic E-state index is 12.5. The molecule has 1 aliphatic carbocycles. The highest BCUT2D eigenvalue weighted by Crippen LogP contribution is 2.33. The molecule has 1 aromatic rings. The van der Waals surface area contributed by atoms with E-state index in [2.05, 4.69) is 51.5 Å². The number of aryl methyl sites for hydroxylation is 1. The van der Waals surface area contributed by atoms with Crippen LogP contribution < -0.4 is 21.4 Å². The first kappa shape index (κ1) is 16.9. The molecule has 0 aromatic heterocycles. The van der Waals surface area contributed by atoms with Crippen LogP contribution in [0.15, 0.2) is 18.2 Å². The zero-order valence-corrected chi connectivity index (χ0v) is 14.8. The lowest BCUT2D eigenvalue weighted by Crippen LogP contribution is -2.48. The Morgan fingerprint density at radius 3 is 3.04 bits per heavy atom. The maximum Gasteiger partial charge on any atom is 0.252 e. The molecule has 7 nitrogen and oxygen atoms in total. The summed E-state index contributed by atoms with van der Waals surface area (Å²) in [5.41, 5.74) is 6.79. The normalized spacial score (nSPS) is 32.1. The van der Waals surface area contributed by atoms with Crippen molar-refractivity contribution in [3.05, 3.63) is 34.9 Å². The molecule has 7 heteroatoms. The van der Waals surface area contributed by atoms with Gasteiger partial charge in [-0.05, 0) is 43.0 Å². The van der Waals surface area contributed by atoms with E-state index in [1.807, 2.05) is 7.05 Å². The van der Waals surface area contributed by atoms with Crippen LogP contribution in [0.5, 0.6) is 0 Å². The van der Waals surface area contributed by atoms with Crippen LogP contribution in [0, 0.1) is 0 Å². The van der Waals surface area contributed by atoms with Crippen LogP contribution in [0.1, 0.15) is 48.7 Å². The van der Waals surface area contributed by atoms with Gasteiger partial charge in [0.05, 0.1) is 6.04 Å². The van der Waals surface area contributed by atoms with E-state index in [1.54, 1.807) is 0 Å². The number of fused-ring (bicyclic) bond motifs is 1. The van der Waals surface area contributed by atoms with Crippen molar-refractivity contribution in [3.63, 3.8) is 0 Å². The Morgan fingerprint density at radius 2 is 2.32 bits per heavy atom. The summed E-state index contributed by atoms with van der Waals surface area (Å²) >= 11 is 0. The fourth-order valence-corrected chi connectivity index (χ4v) is 3.94. The van der Waals surface area contributed by atoms with Gasteiger partial charge in [0.25, 0.3) is 5.91 Å². The number of carbonyl (C=O) groups is 1. The van der Waals surface area contributed by atoms with Crippen molar-refractivity contribution in [2.75, 3.05) is 20.1 Å². The maximum atomic E-state index is 12.5. The zero-order chi connectivity index (χ0) is 17.4. The first-order valence-corrected chi connectivity index (χ1v) is 9.19. The topological polar surface area (TPSA) is 77.7 Å². The molecule has 2 saturated heterocycles. The molecule has 0 radical (unpaired) electrons. The average molecular weight is 345 g/mol. The van der Waals surface area contributed by atoms with E-state index in [1.165, 1.54) is 16.7 Å². The fourth-order valence-electron chi connectivity index (χ4n) is 3.94. The van der Waals surface area contributed by atoms with E-state index in [-0.39, 0.29) is 30.5 Å². The van der Waals surface area contributed by atoms with Crippen LogP contribution >= 0.6 is 0 Å². The molecule has 0 bridgehead atoms. The predicted molar refractivity (Wildman–Crippen MR) is 94.2 cm³/mol. The summed E-state index contributed by atoms with van der Waals surface area (Å²) in [6, 6.07) is 6.61. The predicted octanol–water partition coefficient (Wildman–Crippen LogP) is 0.510. The second-order valence-corrected chi connectivity index (χ2v) is 7.13. The smallest absolute Gasteiger partial charge is 0.252 e. The zero-order valence-electron chi connectivity index (χ0n) is 14.8. The van der Waals surface area contributed by atoms with Gasteiger partial charge < -0.3 is 5.32 Å². The number of rotatable bonds is 4. The van der Waals surface area contributed by atoms with Crippen LogP contribution in [0.2, 0.25) is 0 Å². The van der Waals surface area contributed by atoms with Gasteiger partial charge >= 0.3 is 0 Å². The fraction of sp³-hybridized carbons (Fsp3) is 0.611. The lowest BCUT2D eigenvalue weighted by atomic mass is 10.0. The number of hydroxylamine groups is 1. The molecule has 2 aliphatic heterocycles. The third-order valence-corrected chi connectivity index (χ3v) is 5.44. The van der Waals surface area contributed by atoms with Gasteiger partial charge in [-0.2, -0.15) is 5.48 Å². The van der Waals surface area contributed by atoms with Gasteiger partial charge in [-0.3, -0.25) is 25.2 Å². The van der Waals surface area contributed by atoms with E-state index in [4.69, 9.17) is 4.84 Å². The molecular weight excluding hydrogens is 318 g/mol. The molecule has 4 N–H and O–H groups in total. The molecule has 3 aliphatic rings. The third-order valence-electron chi connectivity index (χ3n) is 5.44. The van der Waals surface area contributed by atoms with Crippen molar-refractivity contribution in [2.45, 2.75) is 50.8 Å². The summed E-state index contributed by atoms with van der Waals surface area (Å²) in [6.45, 7) is 3.86. The van der Waals surface area contributed by atoms with Gasteiger partial charge in [-0.1, -0.05) is 25.1 Å². The summed E-state index contributed by atoms with van der Waals surface area (Å²) < 4.78 is 0. The number of carbonyl (C=O) groups excluding carboxylic acids is 1. The molecule has 0 spiro atoms. The largest absolute Gasteiger partial charge is 0.347 e. The quantitative estimate of drug-likeness (QED) is 0.637. The Hall–Kier alpha value is -1.51. The highest BCUT2D eigenvalue weighted by atomic mass is 16.7. The standard InChI is InChI=1S/C18H27N5O2/c1-3-15-21-16(22-25-15)12-4-6-13-11(10-12)5-7-14(13)20-18(24)17-19-8-9-23(17)2/h4,6,10,14-17,19,21-22H,3,5,7-9H2,1-2H3,(H,20,24)/t14-,15?,16?,17?/m1/s1. The molecular formula is C18H27N5O2. The molecule has 25 heavy (non-hydrogen) atoms. The van der Waals surface area contributed by atoms with Gasteiger partial charge in [0.2, 0.25) is 0 Å². The minimum Gasteiger partial charge on any atom is -0.347 e. The first-order chi connectivity index (χ1) is 12.2. The van der Waals surface area contributed by atoms with Crippen molar-refractivity contribution >= 4 is 5.91 Å². The average Bonchev–Trinajstić information content (AvgIpc) is 3.34. The van der Waals surface area contributed by atoms with E-state index in [0.29, 0.717) is 0 Å². The van der Waals surface area contributed by atoms with Crippen LogP contribution in [-0.4, -0.2) is 43.3 Å². The number of hydrogen-bond acceptors (Lipinski definition) is 6. The lowest BCUT2D eigenvalue weighted by molar-refractivity contribution is -0.126. The Labute approximate surface area is 148 Å². The number of likely N-dealkylation sites (N-methyl/N-ethyl adjacent to an activating group) is 1. The van der Waals surface area contributed by atoms with Crippen molar-refractivity contribution < 1.29 is 9.63 Å². The van der Waals surface area contributed by atoms with Crippen LogP contribution in [0.3, 0.4) is 0 Å². The Balaban J connectivity index is 1.43. The molecule has 4 atom stereocenters. The summed E-state index contributed by atoms with van der Waals surface area (Å²) in [6.07, 6.45) is 2.75. The van der Waals surface area contributed by atoms with E-state index in [0.717, 1.165) is 32.4 Å². The van der Waals surface area contributed by atoms with Gasteiger partial charge in [0, 0.05) is 13.1 Å². The first-order valence-electron chi connectivity index (χ1n) is 9.19. The molecule has 1 amide bonds. The molecule has 0 saturated carbocycles. The van der Waals surface area contributed by atoms with Gasteiger partial charge in [-0.25, -0.2) is 0 Å². The van der Waals surface area contributed by atoms with Crippen molar-refractivity contribution in [3.8, 4) is 0 Å². The molecule has 3 unspecified atom stereocenters. The molecule has 136 valence electrons. The van der Waals surface area contributed by atoms with Crippen LogP contribution in [-0.2, 0) is 16.1 Å². The second-order valence-electron chi connectivity index (χ2n) is 7.13. The Kier molecular flexibility index (Phi) is 4.75. The minimum atomic E-state index is -0.210. The lowest BCUT2D eigenvalue weighted by Gasteiger charge is -2.22. The van der Waals surface area contributed by atoms with E-state index < -0.39 is 0 Å². The number of amides is 1. The highest BCUT2D eigenvalue weighted by Gasteiger charge is 2.32. The van der Waals surface area contributed by atoms with E-state index >= 15 is 0 Å². The van der Waals surface area contributed by atoms with Crippen LogP contribution in [0.4, 0.5) is 0 Å². The molecule has 4 rings (SSSR count). The Morgan fingerprint density at radius 1 is 1.44 bits per heavy atom. The van der Waals surface area contributed by atoms with Crippen molar-refractivity contribution in [2.24, 2.45) is 0 Å². The summed E-state index contributed by atoms with van der Waals surface area (Å²) in [5.74, 6) is 0.0697. The number of hydrogen-bond donors (Lipinski definition) is 4. The van der Waals surface area contributed by atoms with Crippen molar-refractivity contribution in [1.29, 1.82) is 0 Å². The van der Waals surface area contributed by atoms with Gasteiger partial charge in [-0.15, -0.1) is 0 Å². The number of nitrogens with zero attached hydrogens (tertiary/aromatic N) is 1. The highest BCUT2D eigenvalue weighted by molar-refractivity contribution is 5.82. The van der Waals surface area contributed by atoms with Gasteiger partial charge in [0.1, 0.15) is 18.6 Å². The van der Waals surface area contributed by atoms with E-state index in [9.17, 15) is 4.79 Å². The third kappa shape index (κ3) is 3.30. The molecule has 2 heterocycles. The number of nitrogens with one attached hydrogen (secondary N) is 4. The molecule has 2 fully saturated rings. The summed E-state index contributed by atoms with van der Waals surface area (Å²) in [4.78, 5) is 20.1. The summed E-state index contributed by atoms with van der Waals surface area (Å²) in [5, 5.41) is 9.87. The SMILES string of the molecule is CCC1NC(c2ccc3c(c2)CC[C@H]3NC(=O)C2NCCN2C)NO1. The van der Waals surface area contributed by atoms with Crippen LogP contribution in [0.25, 0.3) is 0 Å². The minimum absolute atomic E-state index is 0.0280. The van der Waals surface area contributed by atoms with Gasteiger partial charge in [0.15, 0.2) is 0 Å². The summed E-state index contributed by atoms with van der Waals surface area (Å²) in [7, 11) is 1.98. The van der Waals surface area contributed by atoms with Crippen molar-refractivity contribution in [1.82, 2.24) is 26.3 Å². The number of benzene rings is 1. The Bertz CT molecular complexity index is 652. The monoisotopic (exact) mass is 345 g/mol. The second kappa shape index (κ2) is 7.01.